The Labute approximate surface area is 121 Å². The van der Waals surface area contributed by atoms with E-state index in [4.69, 9.17) is 11.0 Å². The number of nitrogens with zero attached hydrogens (tertiary/aromatic N) is 1. The van der Waals surface area contributed by atoms with Crippen molar-refractivity contribution in [2.75, 3.05) is 11.1 Å². The van der Waals surface area contributed by atoms with Gasteiger partial charge in [0.25, 0.3) is 5.91 Å². The molecule has 0 fully saturated rings. The van der Waals surface area contributed by atoms with Gasteiger partial charge in [-0.1, -0.05) is 6.07 Å². The Bertz CT molecular complexity index is 725. The highest BCUT2D eigenvalue weighted by molar-refractivity contribution is 7.16. The zero-order valence-electron chi connectivity index (χ0n) is 11.6. The lowest BCUT2D eigenvalue weighted by molar-refractivity contribution is 0.102. The maximum absolute atomic E-state index is 12.2. The van der Waals surface area contributed by atoms with Crippen molar-refractivity contribution in [1.82, 2.24) is 0 Å². The van der Waals surface area contributed by atoms with Gasteiger partial charge in [-0.05, 0) is 44.0 Å². The van der Waals surface area contributed by atoms with Crippen LogP contribution in [0.5, 0.6) is 0 Å². The fourth-order valence-corrected chi connectivity index (χ4v) is 2.81. The van der Waals surface area contributed by atoms with Gasteiger partial charge in [0.2, 0.25) is 0 Å². The molecule has 0 saturated heterocycles. The van der Waals surface area contributed by atoms with Gasteiger partial charge in [-0.25, -0.2) is 0 Å². The molecule has 5 heteroatoms. The molecule has 3 N–H and O–H groups in total. The third kappa shape index (κ3) is 2.51. The Hall–Kier alpha value is -2.32. The normalized spacial score (nSPS) is 10.1. The quantitative estimate of drug-likeness (QED) is 0.830. The minimum absolute atomic E-state index is 0.255. The number of nitrogen functional groups attached to an aromatic ring is 1. The molecule has 0 unspecified atom stereocenters. The SMILES string of the molecule is Cc1ccc(C(=O)Nc2sc(C)c(C)c2C#N)cc1N. The van der Waals surface area contributed by atoms with E-state index >= 15 is 0 Å². The number of benzene rings is 1. The summed E-state index contributed by atoms with van der Waals surface area (Å²) in [5.74, 6) is -0.255. The molecule has 1 heterocycles. The van der Waals surface area contributed by atoms with Crippen LogP contribution in [0.2, 0.25) is 0 Å². The molecule has 0 bridgehead atoms. The molecule has 1 aromatic heterocycles. The first-order valence-electron chi connectivity index (χ1n) is 6.11. The number of carbonyl (C=O) groups is 1. The summed E-state index contributed by atoms with van der Waals surface area (Å²) in [6.45, 7) is 5.70. The third-order valence-corrected chi connectivity index (χ3v) is 4.39. The zero-order valence-corrected chi connectivity index (χ0v) is 12.4. The first-order chi connectivity index (χ1) is 9.43. The summed E-state index contributed by atoms with van der Waals surface area (Å²) in [6.07, 6.45) is 0. The highest BCUT2D eigenvalue weighted by Crippen LogP contribution is 2.32. The lowest BCUT2D eigenvalue weighted by Gasteiger charge is -2.06. The van der Waals surface area contributed by atoms with Crippen LogP contribution in [0.3, 0.4) is 0 Å². The summed E-state index contributed by atoms with van der Waals surface area (Å²) < 4.78 is 0. The van der Waals surface area contributed by atoms with Crippen LogP contribution in [0.15, 0.2) is 18.2 Å². The lowest BCUT2D eigenvalue weighted by Crippen LogP contribution is -2.12. The Morgan fingerprint density at radius 3 is 2.65 bits per heavy atom. The fourth-order valence-electron chi connectivity index (χ4n) is 1.81. The van der Waals surface area contributed by atoms with Crippen LogP contribution >= 0.6 is 11.3 Å². The zero-order chi connectivity index (χ0) is 14.9. The Morgan fingerprint density at radius 1 is 1.35 bits per heavy atom. The minimum Gasteiger partial charge on any atom is -0.398 e. The van der Waals surface area contributed by atoms with Crippen LogP contribution in [0.25, 0.3) is 0 Å². The summed E-state index contributed by atoms with van der Waals surface area (Å²) in [5.41, 5.74) is 9.25. The molecule has 1 amide bonds. The molecule has 0 aliphatic carbocycles. The van der Waals surface area contributed by atoms with Crippen molar-refractivity contribution < 1.29 is 4.79 Å². The molecular weight excluding hydrogens is 270 g/mol. The maximum Gasteiger partial charge on any atom is 0.256 e. The average Bonchev–Trinajstić information content (AvgIpc) is 2.67. The van der Waals surface area contributed by atoms with Gasteiger partial charge in [0, 0.05) is 16.1 Å². The van der Waals surface area contributed by atoms with Gasteiger partial charge in [-0.3, -0.25) is 4.79 Å². The van der Waals surface area contributed by atoms with Crippen LogP contribution < -0.4 is 11.1 Å². The molecule has 4 nitrogen and oxygen atoms in total. The van der Waals surface area contributed by atoms with Crippen LogP contribution in [-0.2, 0) is 0 Å². The topological polar surface area (TPSA) is 78.9 Å². The first kappa shape index (κ1) is 14.1. The standard InChI is InChI=1S/C15H15N3OS/c1-8-4-5-11(6-13(8)17)14(19)18-15-12(7-16)9(2)10(3)20-15/h4-6H,17H2,1-3H3,(H,18,19). The molecule has 0 aliphatic heterocycles. The molecule has 20 heavy (non-hydrogen) atoms. The number of carbonyl (C=O) groups excluding carboxylic acids is 1. The number of aryl methyl sites for hydroxylation is 2. The number of hydrogen-bond donors (Lipinski definition) is 2. The second-order valence-electron chi connectivity index (χ2n) is 4.62. The van der Waals surface area contributed by atoms with Gasteiger partial charge in [-0.15, -0.1) is 11.3 Å². The number of nitrogens with one attached hydrogen (secondary N) is 1. The van der Waals surface area contributed by atoms with E-state index in [0.29, 0.717) is 21.8 Å². The monoisotopic (exact) mass is 285 g/mol. The highest BCUT2D eigenvalue weighted by Gasteiger charge is 2.15. The Balaban J connectivity index is 2.30. The summed E-state index contributed by atoms with van der Waals surface area (Å²) in [5, 5.41) is 12.5. The van der Waals surface area contributed by atoms with Gasteiger partial charge in [0.05, 0.1) is 5.56 Å². The molecule has 2 aromatic rings. The molecule has 0 atom stereocenters. The Morgan fingerprint density at radius 2 is 2.05 bits per heavy atom. The molecule has 2 rings (SSSR count). The molecule has 0 radical (unpaired) electrons. The molecule has 0 aliphatic rings. The number of nitrogens with two attached hydrogens (primary N) is 1. The molecule has 0 saturated carbocycles. The van der Waals surface area contributed by atoms with Crippen molar-refractivity contribution >= 4 is 27.9 Å². The van der Waals surface area contributed by atoms with Crippen LogP contribution in [0, 0.1) is 32.1 Å². The third-order valence-electron chi connectivity index (χ3n) is 3.27. The molecule has 0 spiro atoms. The van der Waals surface area contributed by atoms with Crippen molar-refractivity contribution in [3.63, 3.8) is 0 Å². The number of rotatable bonds is 2. The highest BCUT2D eigenvalue weighted by atomic mass is 32.1. The lowest BCUT2D eigenvalue weighted by atomic mass is 10.1. The van der Waals surface area contributed by atoms with E-state index in [1.165, 1.54) is 11.3 Å². The summed E-state index contributed by atoms with van der Waals surface area (Å²) in [7, 11) is 0. The number of amides is 1. The summed E-state index contributed by atoms with van der Waals surface area (Å²) in [4.78, 5) is 13.2. The van der Waals surface area contributed by atoms with Gasteiger partial charge in [-0.2, -0.15) is 5.26 Å². The molecule has 102 valence electrons. The van der Waals surface area contributed by atoms with E-state index in [-0.39, 0.29) is 5.91 Å². The van der Waals surface area contributed by atoms with Gasteiger partial charge < -0.3 is 11.1 Å². The minimum atomic E-state index is -0.255. The van der Waals surface area contributed by atoms with Gasteiger partial charge in [0.15, 0.2) is 0 Å². The largest absolute Gasteiger partial charge is 0.398 e. The molecule has 1 aromatic carbocycles. The average molecular weight is 285 g/mol. The predicted octanol–water partition coefficient (Wildman–Crippen LogP) is 3.38. The number of thiophene rings is 1. The van der Waals surface area contributed by atoms with Crippen molar-refractivity contribution in [3.05, 3.63) is 45.3 Å². The van der Waals surface area contributed by atoms with Crippen molar-refractivity contribution in [2.45, 2.75) is 20.8 Å². The number of hydrogen-bond acceptors (Lipinski definition) is 4. The maximum atomic E-state index is 12.2. The van der Waals surface area contributed by atoms with Crippen molar-refractivity contribution in [1.29, 1.82) is 5.26 Å². The van der Waals surface area contributed by atoms with Crippen LogP contribution in [0.4, 0.5) is 10.7 Å². The van der Waals surface area contributed by atoms with Crippen molar-refractivity contribution in [3.8, 4) is 6.07 Å². The van der Waals surface area contributed by atoms with E-state index in [9.17, 15) is 4.79 Å². The van der Waals surface area contributed by atoms with E-state index in [1.54, 1.807) is 18.2 Å². The second-order valence-corrected chi connectivity index (χ2v) is 5.85. The van der Waals surface area contributed by atoms with E-state index in [1.807, 2.05) is 20.8 Å². The van der Waals surface area contributed by atoms with E-state index in [2.05, 4.69) is 11.4 Å². The smallest absolute Gasteiger partial charge is 0.256 e. The molecular formula is C15H15N3OS. The van der Waals surface area contributed by atoms with Gasteiger partial charge in [0.1, 0.15) is 11.1 Å². The first-order valence-corrected chi connectivity index (χ1v) is 6.93. The van der Waals surface area contributed by atoms with Gasteiger partial charge >= 0.3 is 0 Å². The number of nitriles is 1. The number of anilines is 2. The Kier molecular flexibility index (Phi) is 3.77. The van der Waals surface area contributed by atoms with Crippen LogP contribution in [0.1, 0.15) is 31.9 Å². The predicted molar refractivity (Wildman–Crippen MR) is 82.1 cm³/mol. The van der Waals surface area contributed by atoms with E-state index in [0.717, 1.165) is 16.0 Å². The summed E-state index contributed by atoms with van der Waals surface area (Å²) >= 11 is 1.41. The summed E-state index contributed by atoms with van der Waals surface area (Å²) in [6, 6.07) is 7.30. The second kappa shape index (κ2) is 5.35. The van der Waals surface area contributed by atoms with Crippen LogP contribution in [-0.4, -0.2) is 5.91 Å². The fraction of sp³-hybridized carbons (Fsp3) is 0.200. The van der Waals surface area contributed by atoms with Crippen molar-refractivity contribution in [2.24, 2.45) is 0 Å². The van der Waals surface area contributed by atoms with E-state index < -0.39 is 0 Å².